The lowest BCUT2D eigenvalue weighted by atomic mass is 10.2. The second-order valence-electron chi connectivity index (χ2n) is 1.98. The van der Waals surface area contributed by atoms with E-state index in [1.54, 1.807) is 0 Å². The zero-order valence-corrected chi connectivity index (χ0v) is 5.67. The van der Waals surface area contributed by atoms with Crippen LogP contribution in [0.3, 0.4) is 0 Å². The lowest BCUT2D eigenvalue weighted by Gasteiger charge is -2.11. The maximum atomic E-state index is 5.09. The maximum Gasteiger partial charge on any atom is 0.0644 e. The molecule has 0 aliphatic carbocycles. The molecule has 0 spiro atoms. The van der Waals surface area contributed by atoms with Gasteiger partial charge in [-0.25, -0.2) is 5.84 Å². The number of hydrazine groups is 1. The van der Waals surface area contributed by atoms with Crippen LogP contribution in [0.4, 0.5) is 0 Å². The Bertz CT molecular complexity index is 118. The van der Waals surface area contributed by atoms with E-state index in [4.69, 9.17) is 10.6 Å². The van der Waals surface area contributed by atoms with E-state index in [-0.39, 0.29) is 0 Å². The van der Waals surface area contributed by atoms with Crippen molar-refractivity contribution in [1.29, 1.82) is 0 Å². The predicted molar refractivity (Wildman–Crippen MR) is 35.9 cm³/mol. The number of nitrogens with one attached hydrogen (secondary N) is 1. The third-order valence-corrected chi connectivity index (χ3v) is 1.30. The molecule has 0 unspecified atom stereocenters. The van der Waals surface area contributed by atoms with E-state index in [2.05, 4.69) is 10.1 Å². The van der Waals surface area contributed by atoms with Gasteiger partial charge in [-0.15, -0.1) is 0 Å². The molecule has 1 fully saturated rings. The van der Waals surface area contributed by atoms with Crippen LogP contribution >= 0.6 is 0 Å². The summed E-state index contributed by atoms with van der Waals surface area (Å²) >= 11 is 0. The highest BCUT2D eigenvalue weighted by atomic mass is 16.8. The molecule has 0 aromatic rings. The zero-order valence-electron chi connectivity index (χ0n) is 5.67. The van der Waals surface area contributed by atoms with Crippen molar-refractivity contribution in [3.05, 3.63) is 0 Å². The Kier molecular flexibility index (Phi) is 3.14. The highest BCUT2D eigenvalue weighted by molar-refractivity contribution is 5.84. The molecule has 1 heterocycles. The van der Waals surface area contributed by atoms with Gasteiger partial charge < -0.3 is 4.74 Å². The fourth-order valence-corrected chi connectivity index (χ4v) is 0.789. The molecule has 1 aliphatic heterocycles. The Hall–Kier alpha value is -0.650. The number of ether oxygens (including phenoxy) is 1. The van der Waals surface area contributed by atoms with Gasteiger partial charge in [0.05, 0.1) is 18.9 Å². The summed E-state index contributed by atoms with van der Waals surface area (Å²) in [6, 6.07) is 0. The van der Waals surface area contributed by atoms with Gasteiger partial charge in [-0.1, -0.05) is 10.7 Å². The van der Waals surface area contributed by atoms with Gasteiger partial charge in [0.1, 0.15) is 0 Å². The number of nitrogens with two attached hydrogens (primary N) is 1. The van der Waals surface area contributed by atoms with E-state index in [1.807, 2.05) is 5.59 Å². The van der Waals surface area contributed by atoms with Gasteiger partial charge in [0, 0.05) is 12.8 Å². The van der Waals surface area contributed by atoms with Crippen LogP contribution in [0.15, 0.2) is 5.16 Å². The molecular weight excluding hydrogens is 134 g/mol. The smallest absolute Gasteiger partial charge is 0.0644 e. The minimum atomic E-state index is 0.729. The monoisotopic (exact) mass is 145 g/mol. The molecule has 58 valence electrons. The highest BCUT2D eigenvalue weighted by Crippen LogP contribution is 2.01. The van der Waals surface area contributed by atoms with Gasteiger partial charge >= 0.3 is 0 Å². The van der Waals surface area contributed by atoms with Crippen LogP contribution in [0.2, 0.25) is 0 Å². The summed E-state index contributed by atoms with van der Waals surface area (Å²) in [6.45, 7) is 1.46. The summed E-state index contributed by atoms with van der Waals surface area (Å²) in [5.74, 6) is 4.84. The molecule has 1 aliphatic rings. The molecule has 1 saturated heterocycles. The summed E-state index contributed by atoms with van der Waals surface area (Å²) in [5.41, 5.74) is 2.98. The molecule has 0 radical (unpaired) electrons. The molecule has 1 rings (SSSR count). The molecule has 5 nitrogen and oxygen atoms in total. The Morgan fingerprint density at radius 1 is 1.50 bits per heavy atom. The number of hydrogen-bond acceptors (Lipinski definition) is 5. The van der Waals surface area contributed by atoms with Crippen molar-refractivity contribution in [2.24, 2.45) is 11.0 Å². The predicted octanol–water partition coefficient (Wildman–Crippen LogP) is -0.452. The zero-order chi connectivity index (χ0) is 7.23. The number of hydrogen-bond donors (Lipinski definition) is 2. The standard InChI is InChI=1S/C5H11N3O2/c6-8-10-7-5-1-3-9-4-2-5/h8H,1-4,6H2. The Morgan fingerprint density at radius 2 is 2.20 bits per heavy atom. The normalized spacial score (nSPS) is 18.7. The van der Waals surface area contributed by atoms with Crippen molar-refractivity contribution in [1.82, 2.24) is 5.59 Å². The highest BCUT2D eigenvalue weighted by Gasteiger charge is 2.06. The molecule has 5 heteroatoms. The minimum Gasteiger partial charge on any atom is -0.381 e. The summed E-state index contributed by atoms with van der Waals surface area (Å²) < 4.78 is 5.09. The second kappa shape index (κ2) is 4.21. The van der Waals surface area contributed by atoms with Gasteiger partial charge in [0.2, 0.25) is 0 Å². The third kappa shape index (κ3) is 2.30. The van der Waals surface area contributed by atoms with Crippen LogP contribution in [-0.2, 0) is 9.68 Å². The maximum absolute atomic E-state index is 5.09. The van der Waals surface area contributed by atoms with Gasteiger partial charge in [-0.05, 0) is 0 Å². The lowest BCUT2D eigenvalue weighted by Crippen LogP contribution is -2.22. The molecule has 3 N–H and O–H groups in total. The molecular formula is C5H11N3O2. The van der Waals surface area contributed by atoms with E-state index >= 15 is 0 Å². The van der Waals surface area contributed by atoms with Crippen molar-refractivity contribution < 1.29 is 9.68 Å². The van der Waals surface area contributed by atoms with Gasteiger partial charge in [-0.3, -0.25) is 4.94 Å². The summed E-state index contributed by atoms with van der Waals surface area (Å²) in [4.78, 5) is 4.43. The number of oxime groups is 1. The van der Waals surface area contributed by atoms with E-state index in [1.165, 1.54) is 0 Å². The molecule has 0 aromatic heterocycles. The van der Waals surface area contributed by atoms with Crippen LogP contribution in [0.5, 0.6) is 0 Å². The number of nitrogens with zero attached hydrogens (tertiary/aromatic N) is 1. The van der Waals surface area contributed by atoms with Crippen LogP contribution in [0.25, 0.3) is 0 Å². The molecule has 0 atom stereocenters. The van der Waals surface area contributed by atoms with E-state index < -0.39 is 0 Å². The first kappa shape index (κ1) is 7.46. The third-order valence-electron chi connectivity index (χ3n) is 1.30. The number of rotatable bonds is 2. The Labute approximate surface area is 59.1 Å². The largest absolute Gasteiger partial charge is 0.381 e. The van der Waals surface area contributed by atoms with Crippen molar-refractivity contribution in [3.8, 4) is 0 Å². The van der Waals surface area contributed by atoms with Crippen LogP contribution in [0.1, 0.15) is 12.8 Å². The average Bonchev–Trinajstić information content (AvgIpc) is 2.03. The van der Waals surface area contributed by atoms with Crippen LogP contribution in [0, 0.1) is 0 Å². The summed E-state index contributed by atoms with van der Waals surface area (Å²) in [5, 5.41) is 3.70. The fourth-order valence-electron chi connectivity index (χ4n) is 0.789. The average molecular weight is 145 g/mol. The Morgan fingerprint density at radius 3 is 2.80 bits per heavy atom. The second-order valence-corrected chi connectivity index (χ2v) is 1.98. The van der Waals surface area contributed by atoms with Crippen molar-refractivity contribution in [3.63, 3.8) is 0 Å². The fraction of sp³-hybridized carbons (Fsp3) is 0.800. The molecule has 0 amide bonds. The summed E-state index contributed by atoms with van der Waals surface area (Å²) in [7, 11) is 0. The van der Waals surface area contributed by atoms with Gasteiger partial charge in [0.25, 0.3) is 0 Å². The molecule has 0 saturated carbocycles. The molecule has 10 heavy (non-hydrogen) atoms. The molecule has 0 bridgehead atoms. The van der Waals surface area contributed by atoms with Crippen LogP contribution < -0.4 is 11.4 Å². The van der Waals surface area contributed by atoms with Gasteiger partial charge in [-0.2, -0.15) is 0 Å². The van der Waals surface area contributed by atoms with Gasteiger partial charge in [0.15, 0.2) is 0 Å². The first-order chi connectivity index (χ1) is 4.93. The quantitative estimate of drug-likeness (QED) is 0.408. The van der Waals surface area contributed by atoms with Crippen molar-refractivity contribution in [2.75, 3.05) is 13.2 Å². The minimum absolute atomic E-state index is 0.729. The van der Waals surface area contributed by atoms with Crippen molar-refractivity contribution >= 4 is 5.71 Å². The first-order valence-corrected chi connectivity index (χ1v) is 3.18. The van der Waals surface area contributed by atoms with E-state index in [0.717, 1.165) is 31.8 Å². The lowest BCUT2D eigenvalue weighted by molar-refractivity contribution is 0.0428. The first-order valence-electron chi connectivity index (χ1n) is 3.18. The Balaban J connectivity index is 2.23. The van der Waals surface area contributed by atoms with Crippen LogP contribution in [-0.4, -0.2) is 18.9 Å². The topological polar surface area (TPSA) is 68.9 Å². The SMILES string of the molecule is NNON=C1CCOCC1. The van der Waals surface area contributed by atoms with Crippen molar-refractivity contribution in [2.45, 2.75) is 12.8 Å². The summed E-state index contributed by atoms with van der Waals surface area (Å²) in [6.07, 6.45) is 1.67. The molecule has 0 aromatic carbocycles. The van der Waals surface area contributed by atoms with E-state index in [9.17, 15) is 0 Å². The van der Waals surface area contributed by atoms with E-state index in [0.29, 0.717) is 0 Å².